The number of hydrogen-bond acceptors (Lipinski definition) is 5. The first kappa shape index (κ1) is 17.2. The molecule has 6 nitrogen and oxygen atoms in total. The molecule has 1 fully saturated rings. The van der Waals surface area contributed by atoms with Gasteiger partial charge in [-0.25, -0.2) is 9.97 Å². The van der Waals surface area contributed by atoms with E-state index in [0.717, 1.165) is 6.07 Å². The second-order valence-electron chi connectivity index (χ2n) is 5.37. The molecule has 2 aromatic rings. The summed E-state index contributed by atoms with van der Waals surface area (Å²) >= 11 is 0. The number of benzene rings is 1. The lowest BCUT2D eigenvalue weighted by Gasteiger charge is -2.26. The quantitative estimate of drug-likeness (QED) is 0.920. The topological polar surface area (TPSA) is 67.4 Å². The zero-order valence-electron chi connectivity index (χ0n) is 13.1. The predicted octanol–water partition coefficient (Wildman–Crippen LogP) is 2.71. The summed E-state index contributed by atoms with van der Waals surface area (Å²) in [4.78, 5) is 21.8. The van der Waals surface area contributed by atoms with E-state index in [4.69, 9.17) is 4.74 Å². The fraction of sp³-hybridized carbons (Fsp3) is 0.312. The monoisotopic (exact) mass is 352 g/mol. The van der Waals surface area contributed by atoms with Crippen LogP contribution in [-0.4, -0.2) is 47.1 Å². The number of nitrogens with zero attached hydrogens (tertiary/aromatic N) is 3. The van der Waals surface area contributed by atoms with E-state index in [2.05, 4.69) is 15.3 Å². The maximum atomic E-state index is 13.0. The molecule has 1 aliphatic rings. The SMILES string of the molecule is O=C(c1cnc(Nc2ccccc2C(F)(F)F)nc1)N1CCOCC1. The minimum absolute atomic E-state index is 0.0183. The van der Waals surface area contributed by atoms with Crippen LogP contribution in [0.5, 0.6) is 0 Å². The van der Waals surface area contributed by atoms with Gasteiger partial charge in [-0.15, -0.1) is 0 Å². The number of para-hydroxylation sites is 1. The van der Waals surface area contributed by atoms with E-state index in [1.54, 1.807) is 4.90 Å². The van der Waals surface area contributed by atoms with Crippen molar-refractivity contribution in [3.63, 3.8) is 0 Å². The van der Waals surface area contributed by atoms with Crippen LogP contribution in [0.1, 0.15) is 15.9 Å². The fourth-order valence-corrected chi connectivity index (χ4v) is 2.41. The summed E-state index contributed by atoms with van der Waals surface area (Å²) in [6, 6.07) is 5.05. The summed E-state index contributed by atoms with van der Waals surface area (Å²) in [5.74, 6) is -0.249. The Morgan fingerprint density at radius 3 is 2.40 bits per heavy atom. The van der Waals surface area contributed by atoms with Crippen molar-refractivity contribution in [1.29, 1.82) is 0 Å². The molecule has 0 saturated carbocycles. The third-order valence-corrected chi connectivity index (χ3v) is 3.68. The lowest BCUT2D eigenvalue weighted by atomic mass is 10.1. The van der Waals surface area contributed by atoms with Gasteiger partial charge in [0.25, 0.3) is 5.91 Å². The highest BCUT2D eigenvalue weighted by Gasteiger charge is 2.33. The van der Waals surface area contributed by atoms with Gasteiger partial charge in [0.15, 0.2) is 0 Å². The van der Waals surface area contributed by atoms with Crippen molar-refractivity contribution < 1.29 is 22.7 Å². The van der Waals surface area contributed by atoms with Crippen molar-refractivity contribution in [3.05, 3.63) is 47.8 Å². The van der Waals surface area contributed by atoms with Gasteiger partial charge in [0.1, 0.15) is 0 Å². The summed E-state index contributed by atoms with van der Waals surface area (Å²) in [6.45, 7) is 1.91. The average molecular weight is 352 g/mol. The highest BCUT2D eigenvalue weighted by atomic mass is 19.4. The molecule has 1 aliphatic heterocycles. The van der Waals surface area contributed by atoms with Crippen LogP contribution >= 0.6 is 0 Å². The molecule has 0 atom stereocenters. The van der Waals surface area contributed by atoms with Gasteiger partial charge < -0.3 is 15.0 Å². The number of anilines is 2. The maximum Gasteiger partial charge on any atom is 0.418 e. The van der Waals surface area contributed by atoms with Crippen molar-refractivity contribution in [3.8, 4) is 0 Å². The molecule has 2 heterocycles. The molecule has 0 spiro atoms. The van der Waals surface area contributed by atoms with Crippen molar-refractivity contribution in [2.24, 2.45) is 0 Å². The normalized spacial score (nSPS) is 15.1. The van der Waals surface area contributed by atoms with Crippen LogP contribution in [0.3, 0.4) is 0 Å². The number of alkyl halides is 3. The van der Waals surface area contributed by atoms with Crippen molar-refractivity contribution >= 4 is 17.5 Å². The number of carbonyl (C=O) groups is 1. The average Bonchev–Trinajstić information content (AvgIpc) is 2.62. The van der Waals surface area contributed by atoms with Crippen LogP contribution in [0.4, 0.5) is 24.8 Å². The second-order valence-corrected chi connectivity index (χ2v) is 5.37. The van der Waals surface area contributed by atoms with E-state index in [1.807, 2.05) is 0 Å². The molecule has 1 amide bonds. The first-order valence-electron chi connectivity index (χ1n) is 7.57. The molecular formula is C16H15F3N4O2. The van der Waals surface area contributed by atoms with Gasteiger partial charge in [0.05, 0.1) is 30.0 Å². The molecule has 3 rings (SSSR count). The third-order valence-electron chi connectivity index (χ3n) is 3.68. The highest BCUT2D eigenvalue weighted by molar-refractivity contribution is 5.93. The first-order valence-corrected chi connectivity index (χ1v) is 7.57. The number of ether oxygens (including phenoxy) is 1. The molecule has 0 unspecified atom stereocenters. The van der Waals surface area contributed by atoms with Gasteiger partial charge in [-0.2, -0.15) is 13.2 Å². The number of halogens is 3. The van der Waals surface area contributed by atoms with Crippen LogP contribution in [-0.2, 0) is 10.9 Å². The Balaban J connectivity index is 1.74. The van der Waals surface area contributed by atoms with E-state index in [0.29, 0.717) is 26.3 Å². The summed E-state index contributed by atoms with van der Waals surface area (Å²) in [6.07, 6.45) is -1.90. The lowest BCUT2D eigenvalue weighted by molar-refractivity contribution is -0.136. The molecule has 9 heteroatoms. The van der Waals surface area contributed by atoms with Crippen LogP contribution in [0.25, 0.3) is 0 Å². The molecule has 1 N–H and O–H groups in total. The smallest absolute Gasteiger partial charge is 0.378 e. The number of morpholine rings is 1. The molecule has 0 aliphatic carbocycles. The molecule has 0 radical (unpaired) electrons. The summed E-state index contributed by atoms with van der Waals surface area (Å²) in [7, 11) is 0. The van der Waals surface area contributed by atoms with Gasteiger partial charge in [-0.05, 0) is 12.1 Å². The largest absolute Gasteiger partial charge is 0.418 e. The summed E-state index contributed by atoms with van der Waals surface area (Å²) in [5, 5.41) is 2.54. The number of amides is 1. The number of hydrogen-bond donors (Lipinski definition) is 1. The summed E-state index contributed by atoms with van der Waals surface area (Å²) in [5.41, 5.74) is -0.689. The second kappa shape index (κ2) is 7.06. The highest BCUT2D eigenvalue weighted by Crippen LogP contribution is 2.35. The standard InChI is InChI=1S/C16H15F3N4O2/c17-16(18,19)12-3-1-2-4-13(12)22-15-20-9-11(10-21-15)14(24)23-5-7-25-8-6-23/h1-4,9-10H,5-8H2,(H,20,21,22). The Kier molecular flexibility index (Phi) is 4.84. The van der Waals surface area contributed by atoms with E-state index >= 15 is 0 Å². The molecule has 1 aromatic carbocycles. The number of aromatic nitrogens is 2. The number of nitrogens with one attached hydrogen (secondary N) is 1. The molecule has 1 aromatic heterocycles. The Morgan fingerprint density at radius 1 is 1.12 bits per heavy atom. The van der Waals surface area contributed by atoms with Crippen molar-refractivity contribution in [2.75, 3.05) is 31.6 Å². The van der Waals surface area contributed by atoms with Crippen LogP contribution in [0, 0.1) is 0 Å². The van der Waals surface area contributed by atoms with E-state index in [9.17, 15) is 18.0 Å². The predicted molar refractivity (Wildman–Crippen MR) is 83.5 cm³/mol. The number of carbonyl (C=O) groups excluding carboxylic acids is 1. The fourth-order valence-electron chi connectivity index (χ4n) is 2.41. The van der Waals surface area contributed by atoms with E-state index in [-0.39, 0.29) is 23.1 Å². The van der Waals surface area contributed by atoms with Gasteiger partial charge in [0.2, 0.25) is 5.95 Å². The zero-order chi connectivity index (χ0) is 17.9. The van der Waals surface area contributed by atoms with Crippen LogP contribution < -0.4 is 5.32 Å². The van der Waals surface area contributed by atoms with Gasteiger partial charge in [-0.3, -0.25) is 4.79 Å². The molecular weight excluding hydrogens is 337 g/mol. The van der Waals surface area contributed by atoms with E-state index < -0.39 is 11.7 Å². The Bertz CT molecular complexity index is 744. The molecule has 25 heavy (non-hydrogen) atoms. The Labute approximate surface area is 141 Å². The summed E-state index contributed by atoms with van der Waals surface area (Å²) < 4.78 is 44.1. The third kappa shape index (κ3) is 4.05. The van der Waals surface area contributed by atoms with E-state index in [1.165, 1.54) is 30.6 Å². The van der Waals surface area contributed by atoms with Gasteiger partial charge in [-0.1, -0.05) is 12.1 Å². The zero-order valence-corrected chi connectivity index (χ0v) is 13.1. The van der Waals surface area contributed by atoms with Crippen LogP contribution in [0.15, 0.2) is 36.7 Å². The Hall–Kier alpha value is -2.68. The first-order chi connectivity index (χ1) is 11.9. The van der Waals surface area contributed by atoms with Gasteiger partial charge >= 0.3 is 6.18 Å². The molecule has 132 valence electrons. The van der Waals surface area contributed by atoms with Crippen LogP contribution in [0.2, 0.25) is 0 Å². The minimum atomic E-state index is -4.49. The Morgan fingerprint density at radius 2 is 1.76 bits per heavy atom. The maximum absolute atomic E-state index is 13.0. The molecule has 1 saturated heterocycles. The molecule has 0 bridgehead atoms. The van der Waals surface area contributed by atoms with Gasteiger partial charge in [0, 0.05) is 25.5 Å². The number of rotatable bonds is 3. The lowest BCUT2D eigenvalue weighted by Crippen LogP contribution is -2.40. The minimum Gasteiger partial charge on any atom is -0.378 e. The van der Waals surface area contributed by atoms with Crippen molar-refractivity contribution in [2.45, 2.75) is 6.18 Å². The van der Waals surface area contributed by atoms with Crippen molar-refractivity contribution in [1.82, 2.24) is 14.9 Å².